The third kappa shape index (κ3) is 1.74. The van der Waals surface area contributed by atoms with Crippen LogP contribution in [0.4, 0.5) is 0 Å². The normalized spacial score (nSPS) is 23.7. The van der Waals surface area contributed by atoms with Gasteiger partial charge in [0.1, 0.15) is 5.69 Å². The van der Waals surface area contributed by atoms with Crippen molar-refractivity contribution in [3.63, 3.8) is 0 Å². The van der Waals surface area contributed by atoms with Gasteiger partial charge in [-0.1, -0.05) is 12.2 Å². The average Bonchev–Trinajstić information content (AvgIpc) is 2.83. The molecule has 1 aromatic rings. The summed E-state index contributed by atoms with van der Waals surface area (Å²) in [5.74, 6) is 0.377. The van der Waals surface area contributed by atoms with Crippen LogP contribution in [-0.4, -0.2) is 28.7 Å². The van der Waals surface area contributed by atoms with E-state index < -0.39 is 0 Å². The van der Waals surface area contributed by atoms with Crippen molar-refractivity contribution in [3.05, 3.63) is 24.0 Å². The lowest BCUT2D eigenvalue weighted by molar-refractivity contribution is 0.0930. The summed E-state index contributed by atoms with van der Waals surface area (Å²) >= 11 is 0. The van der Waals surface area contributed by atoms with Crippen LogP contribution in [0, 0.1) is 5.92 Å². The van der Waals surface area contributed by atoms with Crippen LogP contribution in [0.15, 0.2) is 18.3 Å². The fraction of sp³-hybridized carbons (Fsp3) is 0.455. The Morgan fingerprint density at radius 2 is 2.38 bits per heavy atom. The van der Waals surface area contributed by atoms with E-state index in [4.69, 9.17) is 10.5 Å². The largest absolute Gasteiger partial charge is 0.493 e. The summed E-state index contributed by atoms with van der Waals surface area (Å²) in [6, 6.07) is -0.0202. The van der Waals surface area contributed by atoms with E-state index in [0.29, 0.717) is 17.9 Å². The lowest BCUT2D eigenvalue weighted by Crippen LogP contribution is -2.21. The molecule has 1 aliphatic rings. The number of ketones is 1. The molecule has 1 heterocycles. The topological polar surface area (TPSA) is 70.1 Å². The van der Waals surface area contributed by atoms with Gasteiger partial charge in [-0.3, -0.25) is 9.48 Å². The number of methoxy groups -OCH3 is 1. The maximum Gasteiger partial charge on any atom is 0.191 e. The van der Waals surface area contributed by atoms with Crippen molar-refractivity contribution in [2.45, 2.75) is 12.5 Å². The molecule has 2 rings (SSSR count). The predicted molar refractivity (Wildman–Crippen MR) is 59.3 cm³/mol. The minimum Gasteiger partial charge on any atom is -0.493 e. The number of allylic oxidation sites excluding steroid dienone is 1. The molecule has 0 bridgehead atoms. The van der Waals surface area contributed by atoms with Crippen molar-refractivity contribution in [1.82, 2.24) is 9.78 Å². The molecule has 1 aliphatic carbocycles. The van der Waals surface area contributed by atoms with E-state index in [2.05, 4.69) is 5.10 Å². The smallest absolute Gasteiger partial charge is 0.191 e. The minimum atomic E-state index is -0.153. The number of ether oxygens (including phenoxy) is 1. The molecule has 0 fully saturated rings. The number of Topliss-reactive ketones (excluding diaryl/α,β-unsaturated/α-hetero) is 1. The van der Waals surface area contributed by atoms with E-state index >= 15 is 0 Å². The quantitative estimate of drug-likeness (QED) is 0.596. The molecule has 0 spiro atoms. The third-order valence-corrected chi connectivity index (χ3v) is 2.81. The highest BCUT2D eigenvalue weighted by molar-refractivity contribution is 6.00. The zero-order chi connectivity index (χ0) is 11.7. The molecule has 5 heteroatoms. The lowest BCUT2D eigenvalue weighted by atomic mass is 10.00. The summed E-state index contributed by atoms with van der Waals surface area (Å²) < 4.78 is 6.65. The summed E-state index contributed by atoms with van der Waals surface area (Å²) in [4.78, 5) is 12.2. The van der Waals surface area contributed by atoms with Crippen molar-refractivity contribution in [2.75, 3.05) is 7.11 Å². The molecule has 0 radical (unpaired) electrons. The van der Waals surface area contributed by atoms with Crippen LogP contribution in [0.2, 0.25) is 0 Å². The van der Waals surface area contributed by atoms with Gasteiger partial charge < -0.3 is 10.5 Å². The average molecular weight is 221 g/mol. The summed E-state index contributed by atoms with van der Waals surface area (Å²) in [6.07, 6.45) is 5.93. The number of hydrogen-bond acceptors (Lipinski definition) is 4. The SMILES string of the molecule is COc1cnn(C)c1C(=O)C1C=CC(N)C1. The molecule has 16 heavy (non-hydrogen) atoms. The third-order valence-electron chi connectivity index (χ3n) is 2.81. The van der Waals surface area contributed by atoms with E-state index in [1.165, 1.54) is 7.11 Å². The van der Waals surface area contributed by atoms with E-state index in [1.54, 1.807) is 17.9 Å². The summed E-state index contributed by atoms with van der Waals surface area (Å²) in [5.41, 5.74) is 6.24. The van der Waals surface area contributed by atoms with Gasteiger partial charge in [0, 0.05) is 19.0 Å². The van der Waals surface area contributed by atoms with Crippen LogP contribution in [0.25, 0.3) is 0 Å². The molecule has 0 amide bonds. The Balaban J connectivity index is 2.27. The fourth-order valence-electron chi connectivity index (χ4n) is 1.94. The molecule has 0 saturated carbocycles. The summed E-state index contributed by atoms with van der Waals surface area (Å²) in [6.45, 7) is 0. The summed E-state index contributed by atoms with van der Waals surface area (Å²) in [5, 5.41) is 4.01. The van der Waals surface area contributed by atoms with Gasteiger partial charge in [-0.2, -0.15) is 5.10 Å². The van der Waals surface area contributed by atoms with Crippen LogP contribution in [0.3, 0.4) is 0 Å². The lowest BCUT2D eigenvalue weighted by Gasteiger charge is -2.09. The van der Waals surface area contributed by atoms with Crippen LogP contribution in [-0.2, 0) is 7.05 Å². The molecular weight excluding hydrogens is 206 g/mol. The standard InChI is InChI=1S/C11H15N3O2/c1-14-10(9(16-2)6-13-14)11(15)7-3-4-8(12)5-7/h3-4,6-8H,5,12H2,1-2H3. The van der Waals surface area contributed by atoms with Gasteiger partial charge in [-0.25, -0.2) is 0 Å². The first-order valence-electron chi connectivity index (χ1n) is 5.17. The highest BCUT2D eigenvalue weighted by Gasteiger charge is 2.28. The van der Waals surface area contributed by atoms with Crippen molar-refractivity contribution in [1.29, 1.82) is 0 Å². The predicted octanol–water partition coefficient (Wildman–Crippen LogP) is 0.515. The van der Waals surface area contributed by atoms with Gasteiger partial charge in [0.15, 0.2) is 11.5 Å². The highest BCUT2D eigenvalue weighted by atomic mass is 16.5. The number of carbonyl (C=O) groups is 1. The Bertz CT molecular complexity index is 436. The first-order valence-corrected chi connectivity index (χ1v) is 5.17. The number of hydrogen-bond donors (Lipinski definition) is 1. The summed E-state index contributed by atoms with van der Waals surface area (Å²) in [7, 11) is 3.26. The molecule has 2 N–H and O–H groups in total. The van der Waals surface area contributed by atoms with Crippen molar-refractivity contribution < 1.29 is 9.53 Å². The molecule has 0 aromatic carbocycles. The fourth-order valence-corrected chi connectivity index (χ4v) is 1.94. The Labute approximate surface area is 93.9 Å². The molecular formula is C11H15N3O2. The molecule has 2 unspecified atom stereocenters. The second-order valence-electron chi connectivity index (χ2n) is 3.94. The minimum absolute atomic E-state index is 0.0149. The number of rotatable bonds is 3. The van der Waals surface area contributed by atoms with Gasteiger partial charge in [0.05, 0.1) is 13.3 Å². The molecule has 5 nitrogen and oxygen atoms in total. The zero-order valence-electron chi connectivity index (χ0n) is 9.38. The number of nitrogens with two attached hydrogens (primary N) is 1. The van der Waals surface area contributed by atoms with Crippen molar-refractivity contribution in [2.24, 2.45) is 18.7 Å². The van der Waals surface area contributed by atoms with E-state index in [9.17, 15) is 4.79 Å². The van der Waals surface area contributed by atoms with Crippen LogP contribution in [0.5, 0.6) is 5.75 Å². The van der Waals surface area contributed by atoms with Crippen molar-refractivity contribution >= 4 is 5.78 Å². The number of carbonyl (C=O) groups excluding carboxylic acids is 1. The first kappa shape index (κ1) is 10.9. The Morgan fingerprint density at radius 1 is 1.62 bits per heavy atom. The Kier molecular flexibility index (Phi) is 2.78. The van der Waals surface area contributed by atoms with Gasteiger partial charge in [-0.05, 0) is 6.42 Å². The maximum atomic E-state index is 12.2. The molecule has 86 valence electrons. The zero-order valence-corrected chi connectivity index (χ0v) is 9.38. The molecule has 2 atom stereocenters. The number of nitrogens with zero attached hydrogens (tertiary/aromatic N) is 2. The van der Waals surface area contributed by atoms with Crippen LogP contribution < -0.4 is 10.5 Å². The number of aromatic nitrogens is 2. The molecule has 0 saturated heterocycles. The second-order valence-corrected chi connectivity index (χ2v) is 3.94. The molecule has 0 aliphatic heterocycles. The van der Waals surface area contributed by atoms with E-state index in [0.717, 1.165) is 0 Å². The first-order chi connectivity index (χ1) is 7.63. The van der Waals surface area contributed by atoms with Crippen LogP contribution in [0.1, 0.15) is 16.9 Å². The van der Waals surface area contributed by atoms with Gasteiger partial charge in [-0.15, -0.1) is 0 Å². The number of aryl methyl sites for hydroxylation is 1. The Hall–Kier alpha value is -1.62. The second kappa shape index (κ2) is 4.09. The highest BCUT2D eigenvalue weighted by Crippen LogP contribution is 2.26. The van der Waals surface area contributed by atoms with E-state index in [-0.39, 0.29) is 17.7 Å². The molecule has 1 aromatic heterocycles. The maximum absolute atomic E-state index is 12.2. The van der Waals surface area contributed by atoms with Crippen LogP contribution >= 0.6 is 0 Å². The van der Waals surface area contributed by atoms with E-state index in [1.807, 2.05) is 12.2 Å². The Morgan fingerprint density at radius 3 is 2.94 bits per heavy atom. The van der Waals surface area contributed by atoms with Gasteiger partial charge in [0.25, 0.3) is 0 Å². The van der Waals surface area contributed by atoms with Gasteiger partial charge in [0.2, 0.25) is 0 Å². The van der Waals surface area contributed by atoms with Crippen molar-refractivity contribution in [3.8, 4) is 5.75 Å². The monoisotopic (exact) mass is 221 g/mol. The van der Waals surface area contributed by atoms with Gasteiger partial charge >= 0.3 is 0 Å².